The first kappa shape index (κ1) is 19.6. The maximum absolute atomic E-state index is 11.2. The molecule has 0 bridgehead atoms. The smallest absolute Gasteiger partial charge is 0.414 e. The van der Waals surface area contributed by atoms with Crippen LogP contribution < -0.4 is 0 Å². The lowest BCUT2D eigenvalue weighted by atomic mass is 10.1. The van der Waals surface area contributed by atoms with Gasteiger partial charge in [0.15, 0.2) is 0 Å². The number of aliphatic carboxylic acids is 2. The number of nitrogens with zero attached hydrogens (tertiary/aromatic N) is 2. The van der Waals surface area contributed by atoms with Crippen molar-refractivity contribution in [2.75, 3.05) is 32.7 Å². The number of hydrogen-bond acceptors (Lipinski definition) is 5. The quantitative estimate of drug-likeness (QED) is 0.666. The third-order valence-corrected chi connectivity index (χ3v) is 3.62. The van der Waals surface area contributed by atoms with Crippen molar-refractivity contribution in [2.24, 2.45) is 0 Å². The zero-order valence-electron chi connectivity index (χ0n) is 13.5. The molecule has 2 rings (SSSR count). The summed E-state index contributed by atoms with van der Waals surface area (Å²) >= 11 is 0. The Hall–Kier alpha value is -2.45. The fourth-order valence-corrected chi connectivity index (χ4v) is 2.27. The van der Waals surface area contributed by atoms with Gasteiger partial charge < -0.3 is 20.2 Å². The van der Waals surface area contributed by atoms with Gasteiger partial charge in [-0.25, -0.2) is 9.59 Å². The van der Waals surface area contributed by atoms with Gasteiger partial charge in [0.2, 0.25) is 5.91 Å². The van der Waals surface area contributed by atoms with Gasteiger partial charge in [0.25, 0.3) is 0 Å². The highest BCUT2D eigenvalue weighted by Gasteiger charge is 2.20. The van der Waals surface area contributed by atoms with E-state index >= 15 is 0 Å². The number of aliphatic hydroxyl groups excluding tert-OH is 1. The largest absolute Gasteiger partial charge is 0.473 e. The van der Waals surface area contributed by atoms with Crippen molar-refractivity contribution in [3.8, 4) is 0 Å². The summed E-state index contributed by atoms with van der Waals surface area (Å²) in [5.74, 6) is -3.51. The first-order chi connectivity index (χ1) is 11.3. The average Bonchev–Trinajstić information content (AvgIpc) is 2.56. The minimum Gasteiger partial charge on any atom is -0.473 e. The van der Waals surface area contributed by atoms with E-state index in [0.717, 1.165) is 31.7 Å². The standard InChI is InChI=1S/C14H20N2O2.C2H2O4/c1-12(17)16-9-7-15(8-10-16)11-14(18)13-5-3-2-4-6-13;3-1(4)2(5)6/h2-6,14,18H,7-11H2,1H3;(H,3,4)(H,5,6). The number of β-amino-alcohol motifs (C(OH)–C–C–N with tert-alkyl or cyclic N) is 1. The van der Waals surface area contributed by atoms with Crippen molar-refractivity contribution in [3.05, 3.63) is 35.9 Å². The van der Waals surface area contributed by atoms with Gasteiger partial charge in [0, 0.05) is 39.6 Å². The molecular weight excluding hydrogens is 316 g/mol. The Bertz CT molecular complexity index is 543. The van der Waals surface area contributed by atoms with Crippen LogP contribution in [0.2, 0.25) is 0 Å². The SMILES string of the molecule is CC(=O)N1CCN(CC(O)c2ccccc2)CC1.O=C(O)C(=O)O. The Morgan fingerprint density at radius 2 is 1.50 bits per heavy atom. The molecule has 1 saturated heterocycles. The molecule has 1 fully saturated rings. The summed E-state index contributed by atoms with van der Waals surface area (Å²) in [6, 6.07) is 9.70. The lowest BCUT2D eigenvalue weighted by molar-refractivity contribution is -0.159. The highest BCUT2D eigenvalue weighted by atomic mass is 16.4. The molecule has 1 amide bonds. The predicted octanol–water partition coefficient (Wildman–Crippen LogP) is 0.0397. The van der Waals surface area contributed by atoms with Gasteiger partial charge in [-0.2, -0.15) is 0 Å². The average molecular weight is 338 g/mol. The number of carboxylic acid groups (broad SMARTS) is 2. The summed E-state index contributed by atoms with van der Waals surface area (Å²) in [5.41, 5.74) is 0.950. The number of rotatable bonds is 3. The molecule has 0 aliphatic carbocycles. The summed E-state index contributed by atoms with van der Waals surface area (Å²) in [6.45, 7) is 5.44. The van der Waals surface area contributed by atoms with Crippen LogP contribution in [0.3, 0.4) is 0 Å². The molecule has 0 spiro atoms. The third-order valence-electron chi connectivity index (χ3n) is 3.62. The molecule has 132 valence electrons. The highest BCUT2D eigenvalue weighted by Crippen LogP contribution is 2.14. The van der Waals surface area contributed by atoms with Gasteiger partial charge in [-0.05, 0) is 5.56 Å². The van der Waals surface area contributed by atoms with Crippen molar-refractivity contribution in [3.63, 3.8) is 0 Å². The number of carbonyl (C=O) groups excluding carboxylic acids is 1. The summed E-state index contributed by atoms with van der Waals surface area (Å²) < 4.78 is 0. The molecule has 1 aromatic carbocycles. The second-order valence-corrected chi connectivity index (χ2v) is 5.34. The van der Waals surface area contributed by atoms with E-state index in [1.807, 2.05) is 35.2 Å². The van der Waals surface area contributed by atoms with Crippen molar-refractivity contribution in [2.45, 2.75) is 13.0 Å². The van der Waals surface area contributed by atoms with Gasteiger partial charge in [0.05, 0.1) is 6.10 Å². The van der Waals surface area contributed by atoms with E-state index in [9.17, 15) is 9.90 Å². The second kappa shape index (κ2) is 9.64. The maximum atomic E-state index is 11.2. The molecule has 3 N–H and O–H groups in total. The molecule has 8 heteroatoms. The molecule has 0 radical (unpaired) electrons. The van der Waals surface area contributed by atoms with Crippen LogP contribution in [0.5, 0.6) is 0 Å². The van der Waals surface area contributed by atoms with Crippen LogP contribution in [0, 0.1) is 0 Å². The molecule has 24 heavy (non-hydrogen) atoms. The van der Waals surface area contributed by atoms with E-state index in [0.29, 0.717) is 6.54 Å². The van der Waals surface area contributed by atoms with Crippen LogP contribution in [-0.4, -0.2) is 75.7 Å². The van der Waals surface area contributed by atoms with E-state index in [1.165, 1.54) is 0 Å². The fourth-order valence-electron chi connectivity index (χ4n) is 2.27. The lowest BCUT2D eigenvalue weighted by Crippen LogP contribution is -2.48. The van der Waals surface area contributed by atoms with E-state index in [-0.39, 0.29) is 5.91 Å². The first-order valence-corrected chi connectivity index (χ1v) is 7.48. The molecule has 1 unspecified atom stereocenters. The fraction of sp³-hybridized carbons (Fsp3) is 0.438. The Morgan fingerprint density at radius 1 is 1.00 bits per heavy atom. The van der Waals surface area contributed by atoms with Gasteiger partial charge in [-0.3, -0.25) is 9.69 Å². The minimum atomic E-state index is -1.82. The summed E-state index contributed by atoms with van der Waals surface area (Å²) in [5, 5.41) is 24.9. The van der Waals surface area contributed by atoms with E-state index in [1.54, 1.807) is 6.92 Å². The van der Waals surface area contributed by atoms with E-state index in [2.05, 4.69) is 4.90 Å². The third kappa shape index (κ3) is 6.76. The summed E-state index contributed by atoms with van der Waals surface area (Å²) in [4.78, 5) is 33.5. The Balaban J connectivity index is 0.000000413. The molecule has 1 aliphatic heterocycles. The highest BCUT2D eigenvalue weighted by molar-refractivity contribution is 6.27. The molecule has 0 saturated carbocycles. The van der Waals surface area contributed by atoms with Gasteiger partial charge >= 0.3 is 11.9 Å². The van der Waals surface area contributed by atoms with Crippen LogP contribution in [0.15, 0.2) is 30.3 Å². The second-order valence-electron chi connectivity index (χ2n) is 5.34. The van der Waals surface area contributed by atoms with Crippen molar-refractivity contribution in [1.29, 1.82) is 0 Å². The molecule has 1 atom stereocenters. The number of carbonyl (C=O) groups is 3. The topological polar surface area (TPSA) is 118 Å². The van der Waals surface area contributed by atoms with Gasteiger partial charge in [-0.1, -0.05) is 30.3 Å². The number of hydrogen-bond donors (Lipinski definition) is 3. The molecular formula is C16H22N2O6. The number of piperazine rings is 1. The lowest BCUT2D eigenvalue weighted by Gasteiger charge is -2.35. The van der Waals surface area contributed by atoms with E-state index < -0.39 is 18.0 Å². The van der Waals surface area contributed by atoms with Crippen LogP contribution >= 0.6 is 0 Å². The molecule has 1 aliphatic rings. The number of amides is 1. The van der Waals surface area contributed by atoms with Crippen molar-refractivity contribution >= 4 is 17.8 Å². The number of aliphatic hydroxyl groups is 1. The van der Waals surface area contributed by atoms with E-state index in [4.69, 9.17) is 19.8 Å². The molecule has 8 nitrogen and oxygen atoms in total. The van der Waals surface area contributed by atoms with Gasteiger partial charge in [0.1, 0.15) is 0 Å². The Kier molecular flexibility index (Phi) is 7.87. The van der Waals surface area contributed by atoms with Crippen LogP contribution in [0.4, 0.5) is 0 Å². The Labute approximate surface area is 139 Å². The van der Waals surface area contributed by atoms with Crippen molar-refractivity contribution in [1.82, 2.24) is 9.80 Å². The summed E-state index contributed by atoms with van der Waals surface area (Å²) in [7, 11) is 0. The van der Waals surface area contributed by atoms with Crippen LogP contribution in [0.25, 0.3) is 0 Å². The summed E-state index contributed by atoms with van der Waals surface area (Å²) in [6.07, 6.45) is -0.449. The monoisotopic (exact) mass is 338 g/mol. The number of benzene rings is 1. The molecule has 1 aromatic rings. The van der Waals surface area contributed by atoms with Crippen molar-refractivity contribution < 1.29 is 29.7 Å². The normalized spacial score (nSPS) is 15.8. The van der Waals surface area contributed by atoms with Crippen LogP contribution in [-0.2, 0) is 14.4 Å². The van der Waals surface area contributed by atoms with Crippen LogP contribution in [0.1, 0.15) is 18.6 Å². The maximum Gasteiger partial charge on any atom is 0.414 e. The Morgan fingerprint density at radius 3 is 1.92 bits per heavy atom. The zero-order chi connectivity index (χ0) is 18.1. The molecule has 1 heterocycles. The minimum absolute atomic E-state index is 0.137. The first-order valence-electron chi connectivity index (χ1n) is 7.48. The molecule has 0 aromatic heterocycles. The predicted molar refractivity (Wildman–Crippen MR) is 85.4 cm³/mol. The zero-order valence-corrected chi connectivity index (χ0v) is 13.5. The van der Waals surface area contributed by atoms with Gasteiger partial charge in [-0.15, -0.1) is 0 Å². The number of carboxylic acids is 2.